The Hall–Kier alpha value is -1.61. The molecule has 0 radical (unpaired) electrons. The van der Waals surface area contributed by atoms with Gasteiger partial charge < -0.3 is 0 Å². The largest absolute Gasteiger partial charge is 0.281 e. The second-order valence-corrected chi connectivity index (χ2v) is 2.78. The first-order valence-corrected chi connectivity index (χ1v) is 3.93. The summed E-state index contributed by atoms with van der Waals surface area (Å²) in [5.74, 6) is -1.24. The molecule has 0 N–H and O–H groups in total. The van der Waals surface area contributed by atoms with Gasteiger partial charge >= 0.3 is 0 Å². The Kier molecular flexibility index (Phi) is 3.27. The summed E-state index contributed by atoms with van der Waals surface area (Å²) >= 11 is 4.95. The standard InChI is InChI=1S/C8H2ClF3N2O/c9-7(15)5-1-4(10)3(2-13)6(14-5)8(11)12/h1,8H. The van der Waals surface area contributed by atoms with Crippen LogP contribution in [0.1, 0.15) is 28.2 Å². The molecule has 0 spiro atoms. The molecular formula is C8H2ClF3N2O. The average Bonchev–Trinajstić information content (AvgIpc) is 2.16. The number of carbonyl (C=O) groups excluding carboxylic acids is 1. The number of rotatable bonds is 2. The summed E-state index contributed by atoms with van der Waals surface area (Å²) in [6.07, 6.45) is -3.15. The van der Waals surface area contributed by atoms with Crippen LogP contribution in [0.2, 0.25) is 0 Å². The van der Waals surface area contributed by atoms with Gasteiger partial charge in [-0.25, -0.2) is 18.2 Å². The number of aromatic nitrogens is 1. The number of hydrogen-bond donors (Lipinski definition) is 0. The third-order valence-corrected chi connectivity index (χ3v) is 1.71. The molecule has 1 aromatic rings. The molecule has 78 valence electrons. The van der Waals surface area contributed by atoms with Gasteiger partial charge in [-0.15, -0.1) is 0 Å². The molecule has 0 unspecified atom stereocenters. The van der Waals surface area contributed by atoms with E-state index >= 15 is 0 Å². The second kappa shape index (κ2) is 4.28. The summed E-state index contributed by atoms with van der Waals surface area (Å²) in [6, 6.07) is 1.78. The fourth-order valence-electron chi connectivity index (χ4n) is 0.902. The van der Waals surface area contributed by atoms with E-state index in [0.717, 1.165) is 0 Å². The molecule has 0 aromatic carbocycles. The van der Waals surface area contributed by atoms with Gasteiger partial charge in [0, 0.05) is 6.07 Å². The highest BCUT2D eigenvalue weighted by Gasteiger charge is 2.21. The number of nitriles is 1. The van der Waals surface area contributed by atoms with Crippen molar-refractivity contribution in [2.45, 2.75) is 6.43 Å². The Morgan fingerprint density at radius 3 is 2.60 bits per heavy atom. The summed E-state index contributed by atoms with van der Waals surface area (Å²) in [7, 11) is 0. The Balaban J connectivity index is 3.47. The van der Waals surface area contributed by atoms with Crippen LogP contribution in [0.25, 0.3) is 0 Å². The molecule has 1 aromatic heterocycles. The number of pyridine rings is 1. The lowest BCUT2D eigenvalue weighted by Crippen LogP contribution is -2.05. The van der Waals surface area contributed by atoms with Crippen molar-refractivity contribution in [3.05, 3.63) is 28.8 Å². The zero-order valence-corrected chi connectivity index (χ0v) is 7.73. The predicted molar refractivity (Wildman–Crippen MR) is 44.1 cm³/mol. The molecule has 0 bridgehead atoms. The van der Waals surface area contributed by atoms with Crippen molar-refractivity contribution in [1.29, 1.82) is 5.26 Å². The molecule has 0 aliphatic heterocycles. The van der Waals surface area contributed by atoms with Crippen LogP contribution < -0.4 is 0 Å². The lowest BCUT2D eigenvalue weighted by molar-refractivity contribution is 0.107. The molecule has 0 aliphatic rings. The number of carbonyl (C=O) groups is 1. The zero-order valence-electron chi connectivity index (χ0n) is 6.97. The normalized spacial score (nSPS) is 10.1. The minimum absolute atomic E-state index is 0.541. The average molecular weight is 235 g/mol. The third-order valence-electron chi connectivity index (χ3n) is 1.52. The smallest absolute Gasteiger partial charge is 0.274 e. The SMILES string of the molecule is N#Cc1c(F)cc(C(=O)Cl)nc1C(F)F. The highest BCUT2D eigenvalue weighted by molar-refractivity contribution is 6.67. The van der Waals surface area contributed by atoms with Crippen LogP contribution in [0.4, 0.5) is 13.2 Å². The van der Waals surface area contributed by atoms with Crippen LogP contribution >= 0.6 is 11.6 Å². The van der Waals surface area contributed by atoms with Crippen molar-refractivity contribution >= 4 is 16.8 Å². The number of nitrogens with zero attached hydrogens (tertiary/aromatic N) is 2. The van der Waals surface area contributed by atoms with Gasteiger partial charge in [-0.2, -0.15) is 5.26 Å². The molecule has 15 heavy (non-hydrogen) atoms. The maximum absolute atomic E-state index is 13.0. The molecule has 0 amide bonds. The minimum Gasteiger partial charge on any atom is -0.274 e. The first-order chi connectivity index (χ1) is 6.97. The van der Waals surface area contributed by atoms with Crippen LogP contribution in [-0.4, -0.2) is 10.2 Å². The Morgan fingerprint density at radius 1 is 1.60 bits per heavy atom. The highest BCUT2D eigenvalue weighted by atomic mass is 35.5. The van der Waals surface area contributed by atoms with Crippen LogP contribution in [0, 0.1) is 17.1 Å². The van der Waals surface area contributed by atoms with Gasteiger partial charge in [-0.1, -0.05) is 0 Å². The fraction of sp³-hybridized carbons (Fsp3) is 0.125. The van der Waals surface area contributed by atoms with Gasteiger partial charge in [0.2, 0.25) is 0 Å². The monoisotopic (exact) mass is 234 g/mol. The lowest BCUT2D eigenvalue weighted by Gasteiger charge is -2.04. The van der Waals surface area contributed by atoms with E-state index < -0.39 is 34.4 Å². The van der Waals surface area contributed by atoms with Crippen molar-refractivity contribution in [3.8, 4) is 6.07 Å². The predicted octanol–water partition coefficient (Wildman–Crippen LogP) is 2.41. The van der Waals surface area contributed by atoms with Crippen LogP contribution in [0.15, 0.2) is 6.07 Å². The van der Waals surface area contributed by atoms with Gasteiger partial charge in [0.15, 0.2) is 0 Å². The molecule has 0 fully saturated rings. The highest BCUT2D eigenvalue weighted by Crippen LogP contribution is 2.23. The van der Waals surface area contributed by atoms with E-state index in [2.05, 4.69) is 4.98 Å². The van der Waals surface area contributed by atoms with E-state index in [1.54, 1.807) is 0 Å². The summed E-state index contributed by atoms with van der Waals surface area (Å²) in [4.78, 5) is 13.7. The first-order valence-electron chi connectivity index (χ1n) is 3.56. The molecule has 3 nitrogen and oxygen atoms in total. The summed E-state index contributed by atoms with van der Waals surface area (Å²) in [5, 5.41) is 7.23. The van der Waals surface area contributed by atoms with Crippen molar-refractivity contribution < 1.29 is 18.0 Å². The molecular weight excluding hydrogens is 233 g/mol. The van der Waals surface area contributed by atoms with E-state index in [1.807, 2.05) is 0 Å². The quantitative estimate of drug-likeness (QED) is 0.739. The van der Waals surface area contributed by atoms with E-state index in [9.17, 15) is 18.0 Å². The van der Waals surface area contributed by atoms with Crippen LogP contribution in [0.3, 0.4) is 0 Å². The molecule has 0 aliphatic carbocycles. The van der Waals surface area contributed by atoms with Gasteiger partial charge in [0.25, 0.3) is 11.7 Å². The van der Waals surface area contributed by atoms with E-state index in [1.165, 1.54) is 6.07 Å². The fourth-order valence-corrected chi connectivity index (χ4v) is 0.999. The number of hydrogen-bond acceptors (Lipinski definition) is 3. The van der Waals surface area contributed by atoms with Gasteiger partial charge in [0.1, 0.15) is 28.8 Å². The summed E-state index contributed by atoms with van der Waals surface area (Å²) < 4.78 is 37.6. The first kappa shape index (κ1) is 11.5. The Morgan fingerprint density at radius 2 is 2.20 bits per heavy atom. The summed E-state index contributed by atoms with van der Waals surface area (Å²) in [6.45, 7) is 0. The maximum atomic E-state index is 13.0. The zero-order chi connectivity index (χ0) is 11.6. The van der Waals surface area contributed by atoms with Crippen molar-refractivity contribution in [2.24, 2.45) is 0 Å². The molecule has 0 saturated heterocycles. The molecule has 0 saturated carbocycles. The van der Waals surface area contributed by atoms with E-state index in [0.29, 0.717) is 6.07 Å². The Bertz CT molecular complexity index is 456. The molecule has 1 heterocycles. The second-order valence-electron chi connectivity index (χ2n) is 2.44. The molecule has 1 rings (SSSR count). The van der Waals surface area contributed by atoms with E-state index in [4.69, 9.17) is 16.9 Å². The van der Waals surface area contributed by atoms with Crippen molar-refractivity contribution in [3.63, 3.8) is 0 Å². The third kappa shape index (κ3) is 2.25. The van der Waals surface area contributed by atoms with Crippen LogP contribution in [0.5, 0.6) is 0 Å². The molecule has 7 heteroatoms. The van der Waals surface area contributed by atoms with Gasteiger partial charge in [-0.05, 0) is 11.6 Å². The van der Waals surface area contributed by atoms with Crippen molar-refractivity contribution in [2.75, 3.05) is 0 Å². The summed E-state index contributed by atoms with van der Waals surface area (Å²) in [5.41, 5.74) is -2.61. The minimum atomic E-state index is -3.15. The number of alkyl halides is 2. The Labute approximate surface area is 87.1 Å². The van der Waals surface area contributed by atoms with Crippen LogP contribution in [-0.2, 0) is 0 Å². The van der Waals surface area contributed by atoms with Crippen molar-refractivity contribution in [1.82, 2.24) is 4.98 Å². The van der Waals surface area contributed by atoms with Gasteiger partial charge in [0.05, 0.1) is 0 Å². The van der Waals surface area contributed by atoms with Gasteiger partial charge in [-0.3, -0.25) is 4.79 Å². The topological polar surface area (TPSA) is 53.8 Å². The lowest BCUT2D eigenvalue weighted by atomic mass is 10.2. The molecule has 0 atom stereocenters. The number of halogens is 4. The maximum Gasteiger partial charge on any atom is 0.281 e. The van der Waals surface area contributed by atoms with E-state index in [-0.39, 0.29) is 0 Å².